The van der Waals surface area contributed by atoms with Crippen molar-refractivity contribution in [1.82, 2.24) is 14.9 Å². The number of carbonyl (C=O) groups excluding carboxylic acids is 1. The van der Waals surface area contributed by atoms with Gasteiger partial charge in [-0.25, -0.2) is 9.78 Å². The van der Waals surface area contributed by atoms with Gasteiger partial charge in [0, 0.05) is 35.2 Å². The molecule has 2 aromatic heterocycles. The summed E-state index contributed by atoms with van der Waals surface area (Å²) in [7, 11) is 0. The summed E-state index contributed by atoms with van der Waals surface area (Å²) in [6.45, 7) is 6.80. The minimum Gasteiger partial charge on any atom is -0.458 e. The van der Waals surface area contributed by atoms with Crippen molar-refractivity contribution in [2.75, 3.05) is 6.79 Å². The summed E-state index contributed by atoms with van der Waals surface area (Å²) in [6, 6.07) is 5.80. The molecule has 0 bridgehead atoms. The van der Waals surface area contributed by atoms with Crippen LogP contribution in [0.15, 0.2) is 23.0 Å². The third kappa shape index (κ3) is 2.83. The summed E-state index contributed by atoms with van der Waals surface area (Å²) in [5.41, 5.74) is 2.46. The topological polar surface area (TPSA) is 112 Å². The van der Waals surface area contributed by atoms with Crippen LogP contribution in [0.25, 0.3) is 22.3 Å². The second-order valence-corrected chi connectivity index (χ2v) is 9.28. The van der Waals surface area contributed by atoms with Gasteiger partial charge in [-0.2, -0.15) is 0 Å². The SMILES string of the molecule is CC[C@@]1(O)C(=O)OCc2c1cc1n(c2=O)Cc2c-1nc1cc3c(cc1c2CNC(C)C)OCO3. The van der Waals surface area contributed by atoms with Crippen molar-refractivity contribution in [3.05, 3.63) is 50.8 Å². The van der Waals surface area contributed by atoms with Crippen LogP contribution in [0.4, 0.5) is 0 Å². The van der Waals surface area contributed by atoms with E-state index in [2.05, 4.69) is 19.2 Å². The van der Waals surface area contributed by atoms with Gasteiger partial charge in [0.05, 0.1) is 29.0 Å². The van der Waals surface area contributed by atoms with Crippen LogP contribution in [-0.4, -0.2) is 33.5 Å². The van der Waals surface area contributed by atoms with Crippen LogP contribution in [0.5, 0.6) is 11.5 Å². The number of hydrogen-bond donors (Lipinski definition) is 2. The molecule has 3 aliphatic heterocycles. The molecule has 0 amide bonds. The number of carbonyl (C=O) groups is 1. The summed E-state index contributed by atoms with van der Waals surface area (Å²) in [6.07, 6.45) is 0.104. The van der Waals surface area contributed by atoms with Gasteiger partial charge in [0.25, 0.3) is 5.56 Å². The number of fused-ring (bicyclic) bond motifs is 6. The van der Waals surface area contributed by atoms with Gasteiger partial charge in [-0.3, -0.25) is 4.79 Å². The van der Waals surface area contributed by atoms with Crippen LogP contribution in [-0.2, 0) is 34.8 Å². The molecule has 176 valence electrons. The number of nitrogens with one attached hydrogen (secondary N) is 1. The molecule has 34 heavy (non-hydrogen) atoms. The van der Waals surface area contributed by atoms with E-state index in [0.29, 0.717) is 47.1 Å². The molecule has 9 nitrogen and oxygen atoms in total. The highest BCUT2D eigenvalue weighted by Crippen LogP contribution is 2.43. The molecule has 0 fully saturated rings. The van der Waals surface area contributed by atoms with Gasteiger partial charge in [-0.05, 0) is 24.1 Å². The Morgan fingerprint density at radius 2 is 1.91 bits per heavy atom. The lowest BCUT2D eigenvalue weighted by Gasteiger charge is -2.31. The van der Waals surface area contributed by atoms with Crippen molar-refractivity contribution in [1.29, 1.82) is 0 Å². The number of ether oxygens (including phenoxy) is 3. The number of rotatable bonds is 4. The molecule has 5 heterocycles. The molecule has 0 saturated carbocycles. The maximum Gasteiger partial charge on any atom is 0.343 e. The Balaban J connectivity index is 1.62. The van der Waals surface area contributed by atoms with Gasteiger partial charge in [-0.1, -0.05) is 20.8 Å². The minimum absolute atomic E-state index is 0.104. The Bertz CT molecular complexity index is 1440. The first-order valence-electron chi connectivity index (χ1n) is 11.5. The fraction of sp³-hybridized carbons (Fsp3) is 0.400. The van der Waals surface area contributed by atoms with Gasteiger partial charge in [0.2, 0.25) is 6.79 Å². The summed E-state index contributed by atoms with van der Waals surface area (Å²) in [5, 5.41) is 15.5. The second kappa shape index (κ2) is 7.28. The van der Waals surface area contributed by atoms with Crippen molar-refractivity contribution in [2.24, 2.45) is 0 Å². The number of benzene rings is 1. The maximum atomic E-state index is 13.5. The van der Waals surface area contributed by atoms with Crippen LogP contribution in [0.1, 0.15) is 49.4 Å². The zero-order chi connectivity index (χ0) is 23.8. The van der Waals surface area contributed by atoms with Crippen LogP contribution >= 0.6 is 0 Å². The molecule has 6 rings (SSSR count). The van der Waals surface area contributed by atoms with Crippen molar-refractivity contribution in [2.45, 2.75) is 58.5 Å². The number of nitrogens with zero attached hydrogens (tertiary/aromatic N) is 2. The Morgan fingerprint density at radius 1 is 1.15 bits per heavy atom. The fourth-order valence-electron chi connectivity index (χ4n) is 5.06. The van der Waals surface area contributed by atoms with Crippen molar-refractivity contribution in [3.8, 4) is 22.9 Å². The standard InChI is InChI=1S/C25H25N3O6/c1-4-25(31)17-6-19-22-15(9-28(19)23(29)16(17)10-32-24(25)30)14(8-26-12(2)3)13-5-20-21(34-11-33-20)7-18(13)27-22/h5-7,12,26,31H,4,8-11H2,1-3H3/t25-/m0/s1. The Kier molecular flexibility index (Phi) is 4.53. The molecule has 0 aliphatic carbocycles. The third-order valence-corrected chi connectivity index (χ3v) is 6.99. The first kappa shape index (κ1) is 21.1. The number of esters is 1. The molecular weight excluding hydrogens is 438 g/mol. The number of aromatic nitrogens is 2. The molecular formula is C25H25N3O6. The molecule has 1 atom stereocenters. The lowest BCUT2D eigenvalue weighted by molar-refractivity contribution is -0.172. The van der Waals surface area contributed by atoms with E-state index in [1.807, 2.05) is 12.1 Å². The lowest BCUT2D eigenvalue weighted by atomic mass is 9.86. The summed E-state index contributed by atoms with van der Waals surface area (Å²) >= 11 is 0. The highest BCUT2D eigenvalue weighted by Gasteiger charge is 2.45. The fourth-order valence-corrected chi connectivity index (χ4v) is 5.06. The average Bonchev–Trinajstić information content (AvgIpc) is 3.42. The van der Waals surface area contributed by atoms with E-state index in [4.69, 9.17) is 19.2 Å². The molecule has 9 heteroatoms. The Morgan fingerprint density at radius 3 is 2.65 bits per heavy atom. The highest BCUT2D eigenvalue weighted by molar-refractivity contribution is 5.91. The highest BCUT2D eigenvalue weighted by atomic mass is 16.7. The van der Waals surface area contributed by atoms with Gasteiger partial charge < -0.3 is 29.2 Å². The number of pyridine rings is 2. The summed E-state index contributed by atoms with van der Waals surface area (Å²) in [4.78, 5) is 30.8. The Labute approximate surface area is 195 Å². The number of cyclic esters (lactones) is 1. The summed E-state index contributed by atoms with van der Waals surface area (Å²) in [5.74, 6) is 0.574. The van der Waals surface area contributed by atoms with Crippen molar-refractivity contribution < 1.29 is 24.1 Å². The van der Waals surface area contributed by atoms with Gasteiger partial charge in [-0.15, -0.1) is 0 Å². The second-order valence-electron chi connectivity index (χ2n) is 9.28. The molecule has 1 aromatic carbocycles. The van der Waals surface area contributed by atoms with E-state index in [1.54, 1.807) is 17.6 Å². The van der Waals surface area contributed by atoms with E-state index in [-0.39, 0.29) is 31.4 Å². The predicted octanol–water partition coefficient (Wildman–Crippen LogP) is 2.31. The molecule has 0 radical (unpaired) electrons. The molecule has 0 spiro atoms. The predicted molar refractivity (Wildman–Crippen MR) is 123 cm³/mol. The van der Waals surface area contributed by atoms with Crippen LogP contribution < -0.4 is 20.3 Å². The van der Waals surface area contributed by atoms with Crippen molar-refractivity contribution >= 4 is 16.9 Å². The molecule has 0 unspecified atom stereocenters. The van der Waals surface area contributed by atoms with Crippen LogP contribution in [0.2, 0.25) is 0 Å². The quantitative estimate of drug-likeness (QED) is 0.444. The molecule has 0 saturated heterocycles. The average molecular weight is 463 g/mol. The number of aliphatic hydroxyl groups is 1. The zero-order valence-electron chi connectivity index (χ0n) is 19.2. The Hall–Kier alpha value is -3.43. The van der Waals surface area contributed by atoms with E-state index in [1.165, 1.54) is 0 Å². The molecule has 3 aliphatic rings. The zero-order valence-corrected chi connectivity index (χ0v) is 19.2. The normalized spacial score (nSPS) is 19.9. The third-order valence-electron chi connectivity index (χ3n) is 6.99. The van der Waals surface area contributed by atoms with E-state index in [9.17, 15) is 14.7 Å². The molecule has 2 N–H and O–H groups in total. The van der Waals surface area contributed by atoms with Gasteiger partial charge >= 0.3 is 5.97 Å². The first-order chi connectivity index (χ1) is 16.3. The largest absolute Gasteiger partial charge is 0.458 e. The first-order valence-corrected chi connectivity index (χ1v) is 11.5. The van der Waals surface area contributed by atoms with Gasteiger partial charge in [0.1, 0.15) is 6.61 Å². The van der Waals surface area contributed by atoms with E-state index in [0.717, 1.165) is 22.0 Å². The lowest BCUT2D eigenvalue weighted by Crippen LogP contribution is -2.44. The molecule has 3 aromatic rings. The minimum atomic E-state index is -1.85. The van der Waals surface area contributed by atoms with Crippen LogP contribution in [0.3, 0.4) is 0 Å². The number of hydrogen-bond acceptors (Lipinski definition) is 8. The van der Waals surface area contributed by atoms with E-state index < -0.39 is 11.6 Å². The van der Waals surface area contributed by atoms with Crippen LogP contribution in [0, 0.1) is 0 Å². The van der Waals surface area contributed by atoms with Crippen molar-refractivity contribution in [3.63, 3.8) is 0 Å². The monoisotopic (exact) mass is 463 g/mol. The smallest absolute Gasteiger partial charge is 0.343 e. The van der Waals surface area contributed by atoms with E-state index >= 15 is 0 Å². The summed E-state index contributed by atoms with van der Waals surface area (Å²) < 4.78 is 18.0. The van der Waals surface area contributed by atoms with Gasteiger partial charge in [0.15, 0.2) is 17.1 Å². The maximum absolute atomic E-state index is 13.5.